The van der Waals surface area contributed by atoms with Crippen LogP contribution in [-0.4, -0.2) is 48.2 Å². The molecule has 176 valence electrons. The molecule has 1 saturated heterocycles. The summed E-state index contributed by atoms with van der Waals surface area (Å²) in [5.41, 5.74) is 4.14. The number of halogens is 3. The molecule has 0 radical (unpaired) electrons. The molecule has 1 aliphatic heterocycles. The van der Waals surface area contributed by atoms with Crippen molar-refractivity contribution in [3.05, 3.63) is 71.7 Å². The largest absolute Gasteiger partial charge is 0.399 e. The minimum atomic E-state index is -4.29. The van der Waals surface area contributed by atoms with Gasteiger partial charge < -0.3 is 14.4 Å². The maximum Gasteiger partial charge on any atom is 0.399 e. The van der Waals surface area contributed by atoms with Gasteiger partial charge in [0.15, 0.2) is 0 Å². The van der Waals surface area contributed by atoms with E-state index >= 15 is 0 Å². The van der Waals surface area contributed by atoms with Gasteiger partial charge in [-0.2, -0.15) is 18.4 Å². The molecule has 1 fully saturated rings. The zero-order chi connectivity index (χ0) is 24.0. The number of rotatable bonds is 7. The van der Waals surface area contributed by atoms with Gasteiger partial charge in [0.2, 0.25) is 0 Å². The second kappa shape index (κ2) is 10.8. The Morgan fingerprint density at radius 3 is 2.56 bits per heavy atom. The molecule has 0 atom stereocenters. The number of hydrogen-bond acceptors (Lipinski definition) is 7. The predicted octanol–water partition coefficient (Wildman–Crippen LogP) is 5.07. The van der Waals surface area contributed by atoms with Crippen molar-refractivity contribution in [1.82, 2.24) is 9.97 Å². The summed E-state index contributed by atoms with van der Waals surface area (Å²) in [5, 5.41) is 9.45. The van der Waals surface area contributed by atoms with Crippen LogP contribution in [0.4, 0.5) is 24.5 Å². The molecule has 10 heteroatoms. The first-order chi connectivity index (χ1) is 16.4. The molecule has 0 unspecified atom stereocenters. The van der Waals surface area contributed by atoms with Crippen molar-refractivity contribution in [2.24, 2.45) is 0 Å². The van der Waals surface area contributed by atoms with Crippen LogP contribution in [-0.2, 0) is 11.2 Å². The molecule has 0 spiro atoms. The van der Waals surface area contributed by atoms with E-state index in [1.54, 1.807) is 30.5 Å². The first kappa shape index (κ1) is 23.9. The lowest BCUT2D eigenvalue weighted by Crippen LogP contribution is -2.36. The Balaban J connectivity index is 1.45. The van der Waals surface area contributed by atoms with Gasteiger partial charge in [-0.25, -0.2) is 9.97 Å². The number of alkyl halides is 3. The Hall–Kier alpha value is -3.29. The molecule has 0 amide bonds. The normalized spacial score (nSPS) is 14.0. The third-order valence-electron chi connectivity index (χ3n) is 5.23. The number of ether oxygens (including phenoxy) is 1. The highest BCUT2D eigenvalue weighted by molar-refractivity contribution is 8.00. The van der Waals surface area contributed by atoms with E-state index in [0.717, 1.165) is 37.6 Å². The van der Waals surface area contributed by atoms with Crippen LogP contribution in [0, 0.1) is 11.3 Å². The van der Waals surface area contributed by atoms with Crippen LogP contribution in [0.5, 0.6) is 0 Å². The Bertz CT molecular complexity index is 1160. The summed E-state index contributed by atoms with van der Waals surface area (Å²) in [4.78, 5) is 11.3. The SMILES string of the molecule is N#Cc1cc(-c2ccnc(Cc3ccc(N4CCOCC4)cc3)n2)ccc1NSCC(F)(F)F. The molecule has 0 bridgehead atoms. The van der Waals surface area contributed by atoms with E-state index in [-0.39, 0.29) is 5.56 Å². The number of nitrogens with one attached hydrogen (secondary N) is 1. The van der Waals surface area contributed by atoms with Gasteiger partial charge in [0.05, 0.1) is 30.2 Å². The number of morpholine rings is 1. The maximum absolute atomic E-state index is 12.4. The van der Waals surface area contributed by atoms with Crippen molar-refractivity contribution in [3.8, 4) is 17.3 Å². The van der Waals surface area contributed by atoms with Crippen LogP contribution in [0.1, 0.15) is 17.0 Å². The minimum absolute atomic E-state index is 0.242. The van der Waals surface area contributed by atoms with Crippen LogP contribution < -0.4 is 9.62 Å². The lowest BCUT2D eigenvalue weighted by molar-refractivity contribution is -0.105. The van der Waals surface area contributed by atoms with Gasteiger partial charge in [-0.3, -0.25) is 0 Å². The topological polar surface area (TPSA) is 74.1 Å². The van der Waals surface area contributed by atoms with Gasteiger partial charge in [0.25, 0.3) is 0 Å². The first-order valence-corrected chi connectivity index (χ1v) is 11.6. The number of nitrogens with zero attached hydrogens (tertiary/aromatic N) is 4. The Kier molecular flexibility index (Phi) is 7.55. The van der Waals surface area contributed by atoms with E-state index in [1.165, 1.54) is 0 Å². The fourth-order valence-corrected chi connectivity index (χ4v) is 4.12. The summed E-state index contributed by atoms with van der Waals surface area (Å²) >= 11 is 0.497. The molecule has 6 nitrogen and oxygen atoms in total. The minimum Gasteiger partial charge on any atom is -0.378 e. The highest BCUT2D eigenvalue weighted by Gasteiger charge is 2.27. The average molecular weight is 486 g/mol. The molecule has 4 rings (SSSR count). The van der Waals surface area contributed by atoms with Crippen LogP contribution in [0.2, 0.25) is 0 Å². The molecule has 2 aromatic carbocycles. The monoisotopic (exact) mass is 485 g/mol. The zero-order valence-corrected chi connectivity index (χ0v) is 19.0. The molecule has 1 N–H and O–H groups in total. The summed E-state index contributed by atoms with van der Waals surface area (Å²) in [5.74, 6) is -0.416. The van der Waals surface area contributed by atoms with Gasteiger partial charge in [-0.1, -0.05) is 18.2 Å². The smallest absolute Gasteiger partial charge is 0.378 e. The average Bonchev–Trinajstić information content (AvgIpc) is 2.84. The van der Waals surface area contributed by atoms with E-state index in [2.05, 4.69) is 43.9 Å². The Labute approximate surface area is 199 Å². The highest BCUT2D eigenvalue weighted by Crippen LogP contribution is 2.28. The maximum atomic E-state index is 12.4. The zero-order valence-electron chi connectivity index (χ0n) is 18.2. The van der Waals surface area contributed by atoms with Crippen molar-refractivity contribution >= 4 is 23.3 Å². The molecule has 2 heterocycles. The molecular weight excluding hydrogens is 463 g/mol. The lowest BCUT2D eigenvalue weighted by atomic mass is 10.1. The van der Waals surface area contributed by atoms with Crippen molar-refractivity contribution in [3.63, 3.8) is 0 Å². The standard InChI is InChI=1S/C24H22F3N5OS/c25-24(26,27)16-34-31-22-6-3-18(14-19(22)15-28)21-7-8-29-23(30-21)13-17-1-4-20(5-2-17)32-9-11-33-12-10-32/h1-8,14,31H,9-13,16H2. The molecule has 0 saturated carbocycles. The molecule has 0 aliphatic carbocycles. The van der Waals surface area contributed by atoms with Crippen molar-refractivity contribution in [1.29, 1.82) is 5.26 Å². The van der Waals surface area contributed by atoms with E-state index in [4.69, 9.17) is 4.74 Å². The first-order valence-electron chi connectivity index (χ1n) is 10.6. The van der Waals surface area contributed by atoms with Gasteiger partial charge in [-0.05, 0) is 47.8 Å². The molecule has 3 aromatic rings. The fraction of sp³-hybridized carbons (Fsp3) is 0.292. The van der Waals surface area contributed by atoms with Crippen LogP contribution in [0.3, 0.4) is 0 Å². The molecule has 34 heavy (non-hydrogen) atoms. The molecule has 1 aliphatic rings. The molecule has 1 aromatic heterocycles. The third-order valence-corrected chi connectivity index (χ3v) is 6.07. The van der Waals surface area contributed by atoms with Gasteiger partial charge >= 0.3 is 6.18 Å². The van der Waals surface area contributed by atoms with Gasteiger partial charge in [-0.15, -0.1) is 0 Å². The summed E-state index contributed by atoms with van der Waals surface area (Å²) in [6.45, 7) is 3.23. The van der Waals surface area contributed by atoms with Crippen LogP contribution in [0.15, 0.2) is 54.7 Å². The number of benzene rings is 2. The van der Waals surface area contributed by atoms with E-state index in [9.17, 15) is 18.4 Å². The summed E-state index contributed by atoms with van der Waals surface area (Å²) in [6.07, 6.45) is -2.07. The predicted molar refractivity (Wildman–Crippen MR) is 127 cm³/mol. The van der Waals surface area contributed by atoms with E-state index in [1.807, 2.05) is 6.07 Å². The van der Waals surface area contributed by atoms with Crippen LogP contribution in [0.25, 0.3) is 11.3 Å². The summed E-state index contributed by atoms with van der Waals surface area (Å²) < 4.78 is 45.1. The van der Waals surface area contributed by atoms with Crippen molar-refractivity contribution < 1.29 is 17.9 Å². The summed E-state index contributed by atoms with van der Waals surface area (Å²) in [6, 6.07) is 17.0. The number of nitriles is 1. The van der Waals surface area contributed by atoms with Crippen molar-refractivity contribution in [2.45, 2.75) is 12.6 Å². The quantitative estimate of drug-likeness (QED) is 0.469. The number of aromatic nitrogens is 2. The number of hydrogen-bond donors (Lipinski definition) is 1. The van der Waals surface area contributed by atoms with Gasteiger partial charge in [0, 0.05) is 37.0 Å². The Morgan fingerprint density at radius 1 is 1.09 bits per heavy atom. The second-order valence-corrected chi connectivity index (χ2v) is 8.46. The van der Waals surface area contributed by atoms with E-state index in [0.29, 0.717) is 41.1 Å². The third kappa shape index (κ3) is 6.40. The summed E-state index contributed by atoms with van der Waals surface area (Å²) in [7, 11) is 0. The van der Waals surface area contributed by atoms with Gasteiger partial charge in [0.1, 0.15) is 17.6 Å². The lowest BCUT2D eigenvalue weighted by Gasteiger charge is -2.28. The molecular formula is C24H22F3N5OS. The van der Waals surface area contributed by atoms with Crippen LogP contribution >= 0.6 is 11.9 Å². The van der Waals surface area contributed by atoms with Crippen molar-refractivity contribution in [2.75, 3.05) is 41.7 Å². The fourth-order valence-electron chi connectivity index (χ4n) is 3.55. The second-order valence-electron chi connectivity index (χ2n) is 7.68. The van der Waals surface area contributed by atoms with E-state index < -0.39 is 11.9 Å². The number of anilines is 2. The Morgan fingerprint density at radius 2 is 1.85 bits per heavy atom. The highest BCUT2D eigenvalue weighted by atomic mass is 32.2.